The fourth-order valence-corrected chi connectivity index (χ4v) is 5.80. The van der Waals surface area contributed by atoms with Crippen molar-refractivity contribution < 1.29 is 41.3 Å². The van der Waals surface area contributed by atoms with Gasteiger partial charge in [-0.2, -0.15) is 4.39 Å². The molecule has 1 atom stereocenters. The quantitative estimate of drug-likeness (QED) is 0.138. The molecule has 0 spiro atoms. The third-order valence-corrected chi connectivity index (χ3v) is 8.51. The van der Waals surface area contributed by atoms with Gasteiger partial charge in [0, 0.05) is 30.9 Å². The van der Waals surface area contributed by atoms with Crippen molar-refractivity contribution in [3.8, 4) is 28.9 Å². The number of carbonyl (C=O) groups excluding carboxylic acids is 1. The number of halogens is 2. The van der Waals surface area contributed by atoms with Crippen LogP contribution in [0.1, 0.15) is 27.8 Å². The summed E-state index contributed by atoms with van der Waals surface area (Å²) in [5.41, 5.74) is 5.67. The number of imidazole rings is 1. The van der Waals surface area contributed by atoms with E-state index in [0.717, 1.165) is 23.9 Å². The van der Waals surface area contributed by atoms with Gasteiger partial charge in [-0.25, -0.2) is 27.6 Å². The van der Waals surface area contributed by atoms with Crippen molar-refractivity contribution in [1.29, 1.82) is 5.41 Å². The molecule has 4 N–H and O–H groups in total. The van der Waals surface area contributed by atoms with Gasteiger partial charge < -0.3 is 29.6 Å². The lowest BCUT2D eigenvalue weighted by Gasteiger charge is -2.22. The van der Waals surface area contributed by atoms with Crippen molar-refractivity contribution in [3.05, 3.63) is 77.2 Å². The molecule has 234 valence electrons. The van der Waals surface area contributed by atoms with E-state index < -0.39 is 56.1 Å². The number of phenolic OH excluding ortho intramolecular Hbond substituents is 1. The number of pyridine rings is 1. The fraction of sp³-hybridized carbons (Fsp3) is 0.179. The van der Waals surface area contributed by atoms with Gasteiger partial charge in [0.25, 0.3) is 5.88 Å². The molecule has 4 aromatic rings. The number of carbonyl (C=O) groups is 1. The number of rotatable bonds is 9. The number of benzene rings is 2. The van der Waals surface area contributed by atoms with Crippen LogP contribution in [0.4, 0.5) is 8.78 Å². The summed E-state index contributed by atoms with van der Waals surface area (Å²) in [4.78, 5) is 25.4. The first kappa shape index (κ1) is 31.0. The number of nitrogens with two attached hydrogens (primary N) is 1. The van der Waals surface area contributed by atoms with E-state index in [2.05, 4.69) is 19.7 Å². The first-order valence-corrected chi connectivity index (χ1v) is 14.4. The molecule has 0 fully saturated rings. The summed E-state index contributed by atoms with van der Waals surface area (Å²) in [7, 11) is -0.146. The number of aliphatic imine (C=N–C) groups is 1. The molecule has 3 heterocycles. The molecule has 0 amide bonds. The lowest BCUT2D eigenvalue weighted by atomic mass is 10.1. The molecule has 45 heavy (non-hydrogen) atoms. The van der Waals surface area contributed by atoms with Gasteiger partial charge in [0.05, 0.1) is 24.4 Å². The minimum atomic E-state index is -4.33. The number of methoxy groups -OCH3 is 1. The molecule has 0 bridgehead atoms. The lowest BCUT2D eigenvalue weighted by molar-refractivity contribution is 0.0589. The number of nitrogens with zero attached hydrogens (tertiary/aromatic N) is 5. The molecule has 0 saturated heterocycles. The molecule has 17 heteroatoms. The summed E-state index contributed by atoms with van der Waals surface area (Å²) < 4.78 is 74.6. The molecule has 0 radical (unpaired) electrons. The number of hydrogen-bond acceptors (Lipinski definition) is 12. The number of phenols is 1. The molecule has 0 aliphatic carbocycles. The average Bonchev–Trinajstić information content (AvgIpc) is 3.62. The van der Waals surface area contributed by atoms with E-state index in [0.29, 0.717) is 12.7 Å². The number of aromatic nitrogens is 3. The van der Waals surface area contributed by atoms with Crippen molar-refractivity contribution in [2.24, 2.45) is 17.8 Å². The summed E-state index contributed by atoms with van der Waals surface area (Å²) in [5.74, 6) is -6.31. The smallest absolute Gasteiger partial charge is 0.356 e. The Bertz CT molecular complexity index is 1980. The molecule has 2 aromatic carbocycles. The number of hydrogen-bond donors (Lipinski definition) is 3. The second-order valence-corrected chi connectivity index (χ2v) is 11.5. The second-order valence-electron chi connectivity index (χ2n) is 9.68. The third-order valence-electron chi connectivity index (χ3n) is 6.77. The van der Waals surface area contributed by atoms with Crippen LogP contribution in [-0.2, 0) is 21.6 Å². The monoisotopic (exact) mass is 641 g/mol. The molecule has 1 aliphatic heterocycles. The second kappa shape index (κ2) is 11.9. The van der Waals surface area contributed by atoms with Gasteiger partial charge in [0.1, 0.15) is 23.4 Å². The van der Waals surface area contributed by atoms with Crippen LogP contribution >= 0.6 is 0 Å². The number of nitrogens with one attached hydrogen (secondary N) is 1. The van der Waals surface area contributed by atoms with Crippen LogP contribution in [0.25, 0.3) is 0 Å². The summed E-state index contributed by atoms with van der Waals surface area (Å²) in [6, 6.07) is 7.28. The molecule has 1 aliphatic rings. The number of amidine groups is 1. The van der Waals surface area contributed by atoms with E-state index in [1.165, 1.54) is 37.4 Å². The summed E-state index contributed by atoms with van der Waals surface area (Å²) in [6.45, 7) is 0.391. The first-order valence-electron chi connectivity index (χ1n) is 12.9. The van der Waals surface area contributed by atoms with Crippen molar-refractivity contribution in [3.63, 3.8) is 0 Å². The Balaban J connectivity index is 1.56. The van der Waals surface area contributed by atoms with Crippen LogP contribution in [0.2, 0.25) is 0 Å². The van der Waals surface area contributed by atoms with Gasteiger partial charge in [-0.1, -0.05) is 0 Å². The predicted molar refractivity (Wildman–Crippen MR) is 154 cm³/mol. The number of esters is 1. The lowest BCUT2D eigenvalue weighted by Crippen LogP contribution is -2.20. The highest BCUT2D eigenvalue weighted by Gasteiger charge is 2.31. The maximum absolute atomic E-state index is 15.6. The van der Waals surface area contributed by atoms with Crippen molar-refractivity contribution in [2.45, 2.75) is 16.2 Å². The van der Waals surface area contributed by atoms with Crippen molar-refractivity contribution in [2.75, 3.05) is 20.7 Å². The highest BCUT2D eigenvalue weighted by molar-refractivity contribution is 7.91. The third kappa shape index (κ3) is 5.77. The Hall–Kier alpha value is -5.42. The standard InChI is InChI=1S/C28H25F2N7O7S/c1-36-9-8-33-25(36)16-11-15(45(40,41)28-35-13-18(37(28)2)27(39)42-3)5-7-20(16)43-23-17(29)12-34-26(22(23)30)44-21-10-14(24(31)32)4-6-19(21)38/h4-8,10-13,25,38H,9H2,1-3H3,(H3,31,32). The Morgan fingerprint density at radius 1 is 1.09 bits per heavy atom. The molecule has 1 unspecified atom stereocenters. The zero-order valence-corrected chi connectivity index (χ0v) is 24.7. The summed E-state index contributed by atoms with van der Waals surface area (Å²) in [5, 5.41) is 17.3. The molecule has 0 saturated carbocycles. The van der Waals surface area contributed by atoms with E-state index in [-0.39, 0.29) is 39.1 Å². The summed E-state index contributed by atoms with van der Waals surface area (Å²) in [6.07, 6.45) is 2.49. The predicted octanol–water partition coefficient (Wildman–Crippen LogP) is 3.30. The SMILES string of the molecule is COC(=O)c1cnc(S(=O)(=O)c2ccc(Oc3c(F)cnc(Oc4cc(C(=N)N)ccc4O)c3F)c(C3N=CCN3C)c2)n1C. The van der Waals surface area contributed by atoms with Crippen LogP contribution < -0.4 is 15.2 Å². The normalized spacial score (nSPS) is 14.8. The van der Waals surface area contributed by atoms with E-state index in [4.69, 9.17) is 20.6 Å². The zero-order valence-electron chi connectivity index (χ0n) is 23.9. The van der Waals surface area contributed by atoms with Gasteiger partial charge in [-0.15, -0.1) is 0 Å². The topological polar surface area (TPSA) is 195 Å². The molecular weight excluding hydrogens is 616 g/mol. The number of sulfone groups is 1. The summed E-state index contributed by atoms with van der Waals surface area (Å²) >= 11 is 0. The Kier molecular flexibility index (Phi) is 8.22. The zero-order chi connectivity index (χ0) is 32.6. The van der Waals surface area contributed by atoms with Gasteiger partial charge in [-0.3, -0.25) is 15.3 Å². The maximum atomic E-state index is 15.6. The van der Waals surface area contributed by atoms with Crippen molar-refractivity contribution >= 4 is 27.9 Å². The van der Waals surface area contributed by atoms with Crippen LogP contribution in [0.5, 0.6) is 28.9 Å². The van der Waals surface area contributed by atoms with Gasteiger partial charge in [0.2, 0.25) is 26.6 Å². The molecule has 2 aromatic heterocycles. The fourth-order valence-electron chi connectivity index (χ4n) is 4.41. The van der Waals surface area contributed by atoms with Crippen molar-refractivity contribution in [1.82, 2.24) is 19.4 Å². The van der Waals surface area contributed by atoms with E-state index in [1.807, 2.05) is 0 Å². The van der Waals surface area contributed by atoms with Crippen LogP contribution in [-0.4, -0.2) is 71.7 Å². The highest BCUT2D eigenvalue weighted by atomic mass is 32.2. The minimum absolute atomic E-state index is 0.0978. The average molecular weight is 642 g/mol. The van der Waals surface area contributed by atoms with Gasteiger partial charge in [-0.05, 0) is 43.4 Å². The van der Waals surface area contributed by atoms with E-state index >= 15 is 4.39 Å². The maximum Gasteiger partial charge on any atom is 0.356 e. The number of ether oxygens (including phenoxy) is 3. The van der Waals surface area contributed by atoms with E-state index in [1.54, 1.807) is 18.2 Å². The van der Waals surface area contributed by atoms with Crippen LogP contribution in [0.3, 0.4) is 0 Å². The largest absolute Gasteiger partial charge is 0.504 e. The van der Waals surface area contributed by atoms with Gasteiger partial charge in [0.15, 0.2) is 17.3 Å². The van der Waals surface area contributed by atoms with Crippen LogP contribution in [0.15, 0.2) is 63.8 Å². The minimum Gasteiger partial charge on any atom is -0.504 e. The molecule has 14 nitrogen and oxygen atoms in total. The highest BCUT2D eigenvalue weighted by Crippen LogP contribution is 2.41. The Morgan fingerprint density at radius 2 is 1.84 bits per heavy atom. The number of nitrogen functional groups attached to an aromatic ring is 1. The first-order chi connectivity index (χ1) is 21.3. The Labute approximate surface area is 254 Å². The number of aromatic hydroxyl groups is 1. The molecular formula is C28H25F2N7O7S. The van der Waals surface area contributed by atoms with E-state index in [9.17, 15) is 22.7 Å². The molecule has 5 rings (SSSR count). The van der Waals surface area contributed by atoms with Gasteiger partial charge >= 0.3 is 5.97 Å². The Morgan fingerprint density at radius 3 is 2.51 bits per heavy atom. The van der Waals surface area contributed by atoms with Crippen LogP contribution in [0, 0.1) is 17.0 Å².